The van der Waals surface area contributed by atoms with Crippen molar-refractivity contribution >= 4 is 12.1 Å². The summed E-state index contributed by atoms with van der Waals surface area (Å²) in [6.07, 6.45) is 0.856. The number of fused-ring (bicyclic) bond motifs is 2. The first-order valence-electron chi connectivity index (χ1n) is 7.42. The molecule has 2 saturated heterocycles. The molecule has 116 valence electrons. The van der Waals surface area contributed by atoms with Crippen molar-refractivity contribution in [3.63, 3.8) is 0 Å². The number of nitriles is 1. The molecule has 6 heteroatoms. The van der Waals surface area contributed by atoms with Crippen LogP contribution in [-0.2, 0) is 14.3 Å². The molecular formula is C15H23N2O4+. The van der Waals surface area contributed by atoms with Gasteiger partial charge in [-0.25, -0.2) is 4.79 Å². The average molecular weight is 295 g/mol. The van der Waals surface area contributed by atoms with E-state index in [0.29, 0.717) is 25.9 Å². The molecule has 0 radical (unpaired) electrons. The molecule has 0 aromatic carbocycles. The monoisotopic (exact) mass is 295 g/mol. The highest BCUT2D eigenvalue weighted by Gasteiger charge is 2.76. The summed E-state index contributed by atoms with van der Waals surface area (Å²) in [6.45, 7) is 8.18. The van der Waals surface area contributed by atoms with Gasteiger partial charge in [0.15, 0.2) is 0 Å². The molecule has 2 bridgehead atoms. The summed E-state index contributed by atoms with van der Waals surface area (Å²) in [5, 5.41) is 9.73. The van der Waals surface area contributed by atoms with Crippen molar-refractivity contribution in [2.75, 3.05) is 19.7 Å². The third kappa shape index (κ3) is 2.11. The van der Waals surface area contributed by atoms with Crippen molar-refractivity contribution in [1.82, 2.24) is 0 Å². The van der Waals surface area contributed by atoms with Crippen LogP contribution in [0.3, 0.4) is 0 Å². The topological polar surface area (TPSA) is 76.4 Å². The Morgan fingerprint density at radius 3 is 2.33 bits per heavy atom. The molecule has 2 aliphatic rings. The molecule has 1 unspecified atom stereocenters. The molecule has 0 aromatic rings. The number of piperidine rings is 1. The Bertz CT molecular complexity index is 495. The SMILES string of the molecule is CCOC(=O)C1(C#N)C2CC[N+]1(C(=O)OC(C)(C)C)CC2. The molecule has 0 N–H and O–H groups in total. The van der Waals surface area contributed by atoms with Crippen LogP contribution in [-0.4, -0.2) is 47.4 Å². The van der Waals surface area contributed by atoms with Crippen LogP contribution >= 0.6 is 0 Å². The highest BCUT2D eigenvalue weighted by Crippen LogP contribution is 2.51. The van der Waals surface area contributed by atoms with E-state index in [4.69, 9.17) is 9.47 Å². The fraction of sp³-hybridized carbons (Fsp3) is 0.800. The number of carbonyl (C=O) groups excluding carboxylic acids is 2. The fourth-order valence-corrected chi connectivity index (χ4v) is 3.62. The normalized spacial score (nSPS) is 34.3. The molecule has 1 amide bonds. The Hall–Kier alpha value is -1.61. The van der Waals surface area contributed by atoms with Crippen molar-refractivity contribution in [3.8, 4) is 6.07 Å². The maximum atomic E-state index is 12.7. The summed E-state index contributed by atoms with van der Waals surface area (Å²) in [7, 11) is 0. The zero-order valence-corrected chi connectivity index (χ0v) is 13.1. The molecule has 2 fully saturated rings. The number of carbonyl (C=O) groups is 2. The first-order valence-corrected chi connectivity index (χ1v) is 7.42. The maximum absolute atomic E-state index is 12.7. The van der Waals surface area contributed by atoms with Gasteiger partial charge in [0, 0.05) is 12.8 Å². The zero-order valence-electron chi connectivity index (χ0n) is 13.1. The van der Waals surface area contributed by atoms with Gasteiger partial charge in [0.05, 0.1) is 25.6 Å². The van der Waals surface area contributed by atoms with Gasteiger partial charge in [-0.2, -0.15) is 14.5 Å². The van der Waals surface area contributed by atoms with Gasteiger partial charge >= 0.3 is 12.1 Å². The lowest BCUT2D eigenvalue weighted by Crippen LogP contribution is -2.66. The third-order valence-corrected chi connectivity index (χ3v) is 4.48. The molecule has 21 heavy (non-hydrogen) atoms. The minimum Gasteiger partial charge on any atom is -0.460 e. The number of nitrogens with zero attached hydrogens (tertiary/aromatic N) is 2. The molecule has 0 spiro atoms. The van der Waals surface area contributed by atoms with Crippen molar-refractivity contribution in [2.24, 2.45) is 5.92 Å². The predicted octanol–water partition coefficient (Wildman–Crippen LogP) is 1.99. The van der Waals surface area contributed by atoms with Crippen molar-refractivity contribution in [1.29, 1.82) is 5.26 Å². The third-order valence-electron chi connectivity index (χ3n) is 4.48. The first-order chi connectivity index (χ1) is 9.73. The number of esters is 1. The molecular weight excluding hydrogens is 272 g/mol. The van der Waals surface area contributed by atoms with Crippen molar-refractivity contribution < 1.29 is 23.5 Å². The van der Waals surface area contributed by atoms with Gasteiger partial charge in [-0.05, 0) is 27.7 Å². The number of ether oxygens (including phenoxy) is 2. The maximum Gasteiger partial charge on any atom is 0.518 e. The Labute approximate surface area is 125 Å². The number of quaternary nitrogens is 1. The molecule has 0 aliphatic carbocycles. The van der Waals surface area contributed by atoms with Gasteiger partial charge < -0.3 is 9.47 Å². The smallest absolute Gasteiger partial charge is 0.460 e. The van der Waals surface area contributed by atoms with E-state index in [1.165, 1.54) is 0 Å². The minimum absolute atomic E-state index is 0.130. The Morgan fingerprint density at radius 1 is 1.33 bits per heavy atom. The van der Waals surface area contributed by atoms with Crippen LogP contribution in [0.2, 0.25) is 0 Å². The zero-order chi connectivity index (χ0) is 15.9. The summed E-state index contributed by atoms with van der Waals surface area (Å²) >= 11 is 0. The van der Waals surface area contributed by atoms with E-state index in [1.54, 1.807) is 27.7 Å². The van der Waals surface area contributed by atoms with Gasteiger partial charge in [0.2, 0.25) is 0 Å². The summed E-state index contributed by atoms with van der Waals surface area (Å²) in [4.78, 5) is 25.2. The van der Waals surface area contributed by atoms with E-state index in [9.17, 15) is 14.9 Å². The highest BCUT2D eigenvalue weighted by atomic mass is 16.6. The van der Waals surface area contributed by atoms with Gasteiger partial charge in [0.1, 0.15) is 11.7 Å². The molecule has 1 atom stereocenters. The van der Waals surface area contributed by atoms with E-state index in [0.717, 1.165) is 0 Å². The molecule has 2 heterocycles. The van der Waals surface area contributed by atoms with Crippen LogP contribution < -0.4 is 0 Å². The lowest BCUT2D eigenvalue weighted by molar-refractivity contribution is -0.869. The quantitative estimate of drug-likeness (QED) is 0.575. The number of amides is 1. The molecule has 0 saturated carbocycles. The summed E-state index contributed by atoms with van der Waals surface area (Å²) in [5.74, 6) is -0.715. The van der Waals surface area contributed by atoms with E-state index < -0.39 is 23.2 Å². The summed E-state index contributed by atoms with van der Waals surface area (Å²) < 4.78 is 10.4. The van der Waals surface area contributed by atoms with Crippen molar-refractivity contribution in [2.45, 2.75) is 51.7 Å². The molecule has 2 aliphatic heterocycles. The van der Waals surface area contributed by atoms with Gasteiger partial charge in [-0.15, -0.1) is 0 Å². The van der Waals surface area contributed by atoms with E-state index in [-0.39, 0.29) is 17.0 Å². The first kappa shape index (κ1) is 15.8. The molecule has 6 nitrogen and oxygen atoms in total. The summed E-state index contributed by atoms with van der Waals surface area (Å²) in [6, 6.07) is 2.13. The van der Waals surface area contributed by atoms with Crippen LogP contribution in [0.25, 0.3) is 0 Å². The largest absolute Gasteiger partial charge is 0.518 e. The Morgan fingerprint density at radius 2 is 1.90 bits per heavy atom. The predicted molar refractivity (Wildman–Crippen MR) is 73.9 cm³/mol. The van der Waals surface area contributed by atoms with Crippen molar-refractivity contribution in [3.05, 3.63) is 0 Å². The Kier molecular flexibility index (Phi) is 3.75. The average Bonchev–Trinajstić information content (AvgIpc) is 2.88. The lowest BCUT2D eigenvalue weighted by Gasteiger charge is -2.37. The van der Waals surface area contributed by atoms with Gasteiger partial charge in [0.25, 0.3) is 5.54 Å². The number of rotatable bonds is 2. The van der Waals surface area contributed by atoms with E-state index >= 15 is 0 Å². The standard InChI is InChI=1S/C15H23N2O4/c1-5-20-12(18)15(10-16)11-6-8-17(15,9-7-11)13(19)21-14(2,3)4/h11H,5-9H2,1-4H3/q+1. The lowest BCUT2D eigenvalue weighted by atomic mass is 9.87. The second kappa shape index (κ2) is 4.99. The van der Waals surface area contributed by atoms with Crippen LogP contribution in [0.4, 0.5) is 4.79 Å². The van der Waals surface area contributed by atoms with E-state index in [2.05, 4.69) is 6.07 Å². The number of hydrogen-bond donors (Lipinski definition) is 0. The summed E-state index contributed by atoms with van der Waals surface area (Å²) in [5.41, 5.74) is -2.08. The van der Waals surface area contributed by atoms with Crippen LogP contribution in [0, 0.1) is 17.2 Å². The van der Waals surface area contributed by atoms with Gasteiger partial charge in [-0.1, -0.05) is 0 Å². The molecule has 0 aromatic heterocycles. The van der Waals surface area contributed by atoms with Gasteiger partial charge in [-0.3, -0.25) is 0 Å². The highest BCUT2D eigenvalue weighted by molar-refractivity contribution is 5.86. The Balaban J connectivity index is 2.43. The van der Waals surface area contributed by atoms with E-state index in [1.807, 2.05) is 0 Å². The fourth-order valence-electron chi connectivity index (χ4n) is 3.62. The second-order valence-corrected chi connectivity index (χ2v) is 6.77. The van der Waals surface area contributed by atoms with Crippen LogP contribution in [0.5, 0.6) is 0 Å². The second-order valence-electron chi connectivity index (χ2n) is 6.77. The minimum atomic E-state index is -1.43. The van der Waals surface area contributed by atoms with Crippen LogP contribution in [0.15, 0.2) is 0 Å². The number of hydrogen-bond acceptors (Lipinski definition) is 5. The van der Waals surface area contributed by atoms with Crippen LogP contribution in [0.1, 0.15) is 40.5 Å². The molecule has 2 rings (SSSR count).